The molecule has 0 N–H and O–H groups in total. The van der Waals surface area contributed by atoms with Crippen LogP contribution in [0.2, 0.25) is 0 Å². The molecule has 3 aromatic carbocycles. The molecule has 0 radical (unpaired) electrons. The lowest BCUT2D eigenvalue weighted by molar-refractivity contribution is -0.663. The first kappa shape index (κ1) is 22.8. The normalized spacial score (nSPS) is 10.6. The number of nitriles is 1. The van der Waals surface area contributed by atoms with E-state index < -0.39 is 7.25 Å². The third-order valence-electron chi connectivity index (χ3n) is 4.64. The number of nitrogens with zero attached hydrogens (tertiary/aromatic N) is 2. The average Bonchev–Trinajstić information content (AvgIpc) is 2.80. The lowest BCUT2D eigenvalue weighted by Gasteiger charge is -2.11. The monoisotopic (exact) mass is 434 g/mol. The van der Waals surface area contributed by atoms with E-state index >= 15 is 0 Å². The molecule has 7 heteroatoms. The van der Waals surface area contributed by atoms with E-state index in [1.165, 1.54) is 0 Å². The molecule has 160 valence electrons. The van der Waals surface area contributed by atoms with E-state index in [1.807, 2.05) is 42.5 Å². The van der Waals surface area contributed by atoms with E-state index in [1.54, 1.807) is 0 Å². The Balaban J connectivity index is 0.000000523. The van der Waals surface area contributed by atoms with E-state index in [0.717, 1.165) is 33.6 Å². The van der Waals surface area contributed by atoms with Crippen LogP contribution in [0.5, 0.6) is 0 Å². The zero-order valence-electron chi connectivity index (χ0n) is 17.0. The lowest BCUT2D eigenvalue weighted by Crippen LogP contribution is -2.38. The second-order valence-corrected chi connectivity index (χ2v) is 6.85. The first-order chi connectivity index (χ1) is 15.4. The van der Waals surface area contributed by atoms with Crippen LogP contribution in [-0.2, 0) is 6.54 Å². The molecule has 32 heavy (non-hydrogen) atoms. The first-order valence-electron chi connectivity index (χ1n) is 9.85. The number of benzene rings is 3. The second-order valence-electron chi connectivity index (χ2n) is 6.85. The minimum atomic E-state index is -6.00. The number of hydrogen-bond donors (Lipinski definition) is 0. The highest BCUT2D eigenvalue weighted by Gasteiger charge is 2.22. The highest BCUT2D eigenvalue weighted by molar-refractivity contribution is 6.50. The van der Waals surface area contributed by atoms with E-state index in [0.29, 0.717) is 6.54 Å². The highest BCUT2D eigenvalue weighted by atomic mass is 19.5. The zero-order valence-corrected chi connectivity index (χ0v) is 17.0. The minimum Gasteiger partial charge on any atom is -0.418 e. The summed E-state index contributed by atoms with van der Waals surface area (Å²) >= 11 is 0. The molecule has 0 unspecified atom stereocenters. The molecule has 0 aliphatic rings. The molecule has 2 nitrogen and oxygen atoms in total. The summed E-state index contributed by atoms with van der Waals surface area (Å²) in [6.45, 7) is 0.295. The molecule has 1 heterocycles. The van der Waals surface area contributed by atoms with Crippen LogP contribution in [0.4, 0.5) is 17.3 Å². The van der Waals surface area contributed by atoms with Gasteiger partial charge in [-0.05, 0) is 35.4 Å². The smallest absolute Gasteiger partial charge is 0.418 e. The van der Waals surface area contributed by atoms with Crippen LogP contribution >= 0.6 is 0 Å². The Kier molecular flexibility index (Phi) is 7.40. The SMILES string of the molecule is F[B-](F)(F)F.N#CC[n+]1c(-c2ccccc2)cc(-c2ccccc2)cc1-c1ccccc1. The molecule has 1 aromatic heterocycles. The fraction of sp³-hybridized carbons (Fsp3) is 0.0400. The number of halogens is 4. The van der Waals surface area contributed by atoms with Gasteiger partial charge in [-0.3, -0.25) is 0 Å². The van der Waals surface area contributed by atoms with E-state index in [-0.39, 0.29) is 0 Å². The van der Waals surface area contributed by atoms with Gasteiger partial charge in [0.15, 0.2) is 0 Å². The van der Waals surface area contributed by atoms with Crippen LogP contribution in [0.25, 0.3) is 33.6 Å². The molecule has 0 saturated carbocycles. The molecule has 0 saturated heterocycles. The van der Waals surface area contributed by atoms with E-state index in [9.17, 15) is 22.5 Å². The predicted molar refractivity (Wildman–Crippen MR) is 119 cm³/mol. The van der Waals surface area contributed by atoms with Crippen molar-refractivity contribution in [2.24, 2.45) is 0 Å². The molecule has 0 spiro atoms. The van der Waals surface area contributed by atoms with Crippen molar-refractivity contribution in [2.45, 2.75) is 6.54 Å². The summed E-state index contributed by atoms with van der Waals surface area (Å²) < 4.78 is 41.1. The van der Waals surface area contributed by atoms with Crippen molar-refractivity contribution in [1.29, 1.82) is 5.26 Å². The lowest BCUT2D eigenvalue weighted by atomic mass is 9.99. The van der Waals surface area contributed by atoms with Gasteiger partial charge in [-0.2, -0.15) is 9.83 Å². The Morgan fingerprint density at radius 3 is 1.28 bits per heavy atom. The van der Waals surface area contributed by atoms with Crippen LogP contribution < -0.4 is 4.57 Å². The summed E-state index contributed by atoms with van der Waals surface area (Å²) in [6.07, 6.45) is 0. The summed E-state index contributed by atoms with van der Waals surface area (Å²) in [5.74, 6) is 0. The molecule has 0 aliphatic carbocycles. The number of rotatable bonds is 4. The van der Waals surface area contributed by atoms with Crippen molar-refractivity contribution in [2.75, 3.05) is 0 Å². The first-order valence-corrected chi connectivity index (χ1v) is 9.85. The van der Waals surface area contributed by atoms with Crippen LogP contribution in [0.1, 0.15) is 0 Å². The predicted octanol–water partition coefficient (Wildman–Crippen LogP) is 6.80. The standard InChI is InChI=1S/C25H19N2.BF4/c26-16-17-27-24(21-12-6-2-7-13-21)18-23(20-10-4-1-5-11-20)19-25(27)22-14-8-3-9-15-22;2-1(3,4)5/h1-15,18-19H,17H2;/q+1;-1. The van der Waals surface area contributed by atoms with Gasteiger partial charge in [0.05, 0.1) is 0 Å². The van der Waals surface area contributed by atoms with Gasteiger partial charge in [0.2, 0.25) is 17.9 Å². The summed E-state index contributed by atoms with van der Waals surface area (Å²) in [5, 5.41) is 9.48. The van der Waals surface area contributed by atoms with Gasteiger partial charge in [0, 0.05) is 23.3 Å². The van der Waals surface area contributed by atoms with Gasteiger partial charge in [-0.25, -0.2) is 0 Å². The maximum absolute atomic E-state index is 9.75. The molecule has 0 amide bonds. The molecule has 0 fully saturated rings. The maximum Gasteiger partial charge on any atom is 0.673 e. The highest BCUT2D eigenvalue weighted by Crippen LogP contribution is 2.29. The van der Waals surface area contributed by atoms with Crippen molar-refractivity contribution in [1.82, 2.24) is 0 Å². The number of pyridine rings is 1. The van der Waals surface area contributed by atoms with Gasteiger partial charge >= 0.3 is 7.25 Å². The Morgan fingerprint density at radius 1 is 0.594 bits per heavy atom. The summed E-state index contributed by atoms with van der Waals surface area (Å²) in [5.41, 5.74) is 6.58. The second kappa shape index (κ2) is 10.4. The Hall–Kier alpha value is -3.92. The summed E-state index contributed by atoms with van der Waals surface area (Å²) in [4.78, 5) is 0. The third kappa shape index (κ3) is 6.29. The Bertz CT molecular complexity index is 1120. The average molecular weight is 434 g/mol. The number of hydrogen-bond acceptors (Lipinski definition) is 1. The van der Waals surface area contributed by atoms with Crippen LogP contribution in [0.15, 0.2) is 103 Å². The van der Waals surface area contributed by atoms with Crippen LogP contribution in [0, 0.1) is 11.3 Å². The molecular formula is C25H19BF4N2. The van der Waals surface area contributed by atoms with E-state index in [4.69, 9.17) is 0 Å². The Labute approximate surface area is 184 Å². The van der Waals surface area contributed by atoms with Gasteiger partial charge in [-0.1, -0.05) is 66.7 Å². The van der Waals surface area contributed by atoms with Crippen LogP contribution in [-0.4, -0.2) is 7.25 Å². The van der Waals surface area contributed by atoms with Gasteiger partial charge in [0.25, 0.3) is 0 Å². The molecule has 4 aromatic rings. The molecule has 0 atom stereocenters. The van der Waals surface area contributed by atoms with Crippen molar-refractivity contribution in [3.63, 3.8) is 0 Å². The van der Waals surface area contributed by atoms with Crippen LogP contribution in [0.3, 0.4) is 0 Å². The fourth-order valence-corrected chi connectivity index (χ4v) is 3.36. The largest absolute Gasteiger partial charge is 0.673 e. The third-order valence-corrected chi connectivity index (χ3v) is 4.64. The molecular weight excluding hydrogens is 415 g/mol. The Morgan fingerprint density at radius 2 is 0.938 bits per heavy atom. The minimum absolute atomic E-state index is 0.295. The summed E-state index contributed by atoms with van der Waals surface area (Å²) in [7, 11) is -6.00. The molecule has 0 aliphatic heterocycles. The fourth-order valence-electron chi connectivity index (χ4n) is 3.36. The maximum atomic E-state index is 9.75. The summed E-state index contributed by atoms with van der Waals surface area (Å²) in [6, 6.07) is 37.6. The van der Waals surface area contributed by atoms with Crippen molar-refractivity contribution < 1.29 is 21.8 Å². The van der Waals surface area contributed by atoms with Crippen molar-refractivity contribution in [3.8, 4) is 39.7 Å². The van der Waals surface area contributed by atoms with Gasteiger partial charge in [-0.15, -0.1) is 0 Å². The van der Waals surface area contributed by atoms with Crippen molar-refractivity contribution >= 4 is 7.25 Å². The topological polar surface area (TPSA) is 27.7 Å². The quantitative estimate of drug-likeness (QED) is 0.197. The van der Waals surface area contributed by atoms with Gasteiger partial charge in [0.1, 0.15) is 6.07 Å². The number of aromatic nitrogens is 1. The van der Waals surface area contributed by atoms with Gasteiger partial charge < -0.3 is 17.3 Å². The molecule has 0 bridgehead atoms. The van der Waals surface area contributed by atoms with E-state index in [2.05, 4.69) is 71.3 Å². The molecule has 4 rings (SSSR count). The van der Waals surface area contributed by atoms with Crippen molar-refractivity contribution in [3.05, 3.63) is 103 Å². The zero-order chi connectivity index (χ0) is 23.0.